The van der Waals surface area contributed by atoms with Gasteiger partial charge in [-0.05, 0) is 23.6 Å². The normalized spacial score (nSPS) is 29.5. The van der Waals surface area contributed by atoms with E-state index in [2.05, 4.69) is 20.8 Å². The standard InChI is InChI=1S/C18H27O3P/c1-16(2,3)15-13-18(20-7,17(4,5)6)21-22(15,19)14-11-9-8-10-12-14/h8-13H,1-7H3/t18-,22-/m1/s1. The molecule has 1 aromatic carbocycles. The van der Waals surface area contributed by atoms with E-state index in [4.69, 9.17) is 9.26 Å². The van der Waals surface area contributed by atoms with Crippen molar-refractivity contribution in [1.29, 1.82) is 0 Å². The fraction of sp³-hybridized carbons (Fsp3) is 0.556. The number of allylic oxidation sites excluding steroid dienone is 1. The fourth-order valence-electron chi connectivity index (χ4n) is 2.76. The lowest BCUT2D eigenvalue weighted by atomic mass is 9.83. The Bertz CT molecular complexity index is 620. The number of ether oxygens (including phenoxy) is 1. The predicted octanol–water partition coefficient (Wildman–Crippen LogP) is 4.94. The van der Waals surface area contributed by atoms with Gasteiger partial charge >= 0.3 is 0 Å². The van der Waals surface area contributed by atoms with Crippen LogP contribution >= 0.6 is 7.37 Å². The molecule has 0 bridgehead atoms. The van der Waals surface area contributed by atoms with Crippen LogP contribution in [0.15, 0.2) is 41.7 Å². The summed E-state index contributed by atoms with van der Waals surface area (Å²) in [4.78, 5) is 0. The number of hydrogen-bond acceptors (Lipinski definition) is 3. The van der Waals surface area contributed by atoms with Gasteiger partial charge in [0, 0.05) is 23.1 Å². The Morgan fingerprint density at radius 1 is 1.05 bits per heavy atom. The Morgan fingerprint density at radius 3 is 2.00 bits per heavy atom. The molecular formula is C18H27O3P. The van der Waals surface area contributed by atoms with Gasteiger partial charge < -0.3 is 4.74 Å². The maximum atomic E-state index is 13.8. The fourth-order valence-corrected chi connectivity index (χ4v) is 5.81. The molecule has 0 spiro atoms. The smallest absolute Gasteiger partial charge is 0.260 e. The Balaban J connectivity index is 2.68. The molecule has 0 saturated heterocycles. The van der Waals surface area contributed by atoms with Crippen LogP contribution in [-0.4, -0.2) is 12.9 Å². The highest BCUT2D eigenvalue weighted by Gasteiger charge is 2.56. The Morgan fingerprint density at radius 2 is 1.59 bits per heavy atom. The van der Waals surface area contributed by atoms with Gasteiger partial charge in [-0.25, -0.2) is 0 Å². The Hall–Kier alpha value is -0.890. The van der Waals surface area contributed by atoms with Crippen LogP contribution in [0.5, 0.6) is 0 Å². The lowest BCUT2D eigenvalue weighted by molar-refractivity contribution is -0.183. The largest absolute Gasteiger partial charge is 0.349 e. The first kappa shape index (κ1) is 17.5. The van der Waals surface area contributed by atoms with Gasteiger partial charge in [-0.1, -0.05) is 59.7 Å². The highest BCUT2D eigenvalue weighted by Crippen LogP contribution is 2.69. The molecule has 0 fully saturated rings. The number of benzene rings is 1. The number of rotatable bonds is 2. The zero-order valence-corrected chi connectivity index (χ0v) is 15.5. The van der Waals surface area contributed by atoms with E-state index in [0.717, 1.165) is 10.6 Å². The van der Waals surface area contributed by atoms with Gasteiger partial charge in [0.25, 0.3) is 7.37 Å². The summed E-state index contributed by atoms with van der Waals surface area (Å²) >= 11 is 0. The molecule has 0 saturated carbocycles. The molecule has 1 aliphatic heterocycles. The molecule has 2 atom stereocenters. The van der Waals surface area contributed by atoms with E-state index in [9.17, 15) is 4.57 Å². The molecule has 0 amide bonds. The van der Waals surface area contributed by atoms with Crippen LogP contribution in [0.1, 0.15) is 41.5 Å². The minimum absolute atomic E-state index is 0.267. The van der Waals surface area contributed by atoms with Crippen molar-refractivity contribution in [3.05, 3.63) is 41.7 Å². The maximum Gasteiger partial charge on any atom is 0.260 e. The van der Waals surface area contributed by atoms with Crippen LogP contribution in [0.25, 0.3) is 0 Å². The van der Waals surface area contributed by atoms with E-state index in [1.165, 1.54) is 0 Å². The summed E-state index contributed by atoms with van der Waals surface area (Å²) in [6, 6.07) is 9.44. The summed E-state index contributed by atoms with van der Waals surface area (Å²) in [5, 5.41) is 1.54. The zero-order chi connectivity index (χ0) is 16.8. The van der Waals surface area contributed by atoms with Crippen molar-refractivity contribution in [2.24, 2.45) is 10.8 Å². The van der Waals surface area contributed by atoms with Gasteiger partial charge in [0.1, 0.15) is 0 Å². The molecule has 22 heavy (non-hydrogen) atoms. The van der Waals surface area contributed by atoms with E-state index >= 15 is 0 Å². The first-order valence-electron chi connectivity index (χ1n) is 7.62. The summed E-state index contributed by atoms with van der Waals surface area (Å²) < 4.78 is 25.8. The molecule has 0 radical (unpaired) electrons. The molecule has 0 N–H and O–H groups in total. The molecule has 0 aliphatic carbocycles. The molecule has 122 valence electrons. The van der Waals surface area contributed by atoms with E-state index < -0.39 is 13.2 Å². The van der Waals surface area contributed by atoms with Gasteiger partial charge in [0.15, 0.2) is 0 Å². The summed E-state index contributed by atoms with van der Waals surface area (Å²) in [6.07, 6.45) is 1.95. The quantitative estimate of drug-likeness (QED) is 0.724. The van der Waals surface area contributed by atoms with Crippen molar-refractivity contribution in [3.8, 4) is 0 Å². The Labute approximate surface area is 134 Å². The van der Waals surface area contributed by atoms with Gasteiger partial charge in [-0.15, -0.1) is 0 Å². The molecule has 2 rings (SSSR count). The Kier molecular flexibility index (Phi) is 4.23. The molecule has 1 heterocycles. The molecule has 1 aromatic rings. The molecule has 0 unspecified atom stereocenters. The summed E-state index contributed by atoms with van der Waals surface area (Å²) in [5.74, 6) is -0.985. The molecule has 4 heteroatoms. The maximum absolute atomic E-state index is 13.8. The third-order valence-corrected chi connectivity index (χ3v) is 7.06. The topological polar surface area (TPSA) is 35.5 Å². The van der Waals surface area contributed by atoms with E-state index in [-0.39, 0.29) is 10.8 Å². The van der Waals surface area contributed by atoms with E-state index in [0.29, 0.717) is 0 Å². The minimum Gasteiger partial charge on any atom is -0.349 e. The highest BCUT2D eigenvalue weighted by atomic mass is 31.2. The molecular weight excluding hydrogens is 295 g/mol. The summed E-state index contributed by atoms with van der Waals surface area (Å²) in [5.41, 5.74) is -0.601. The van der Waals surface area contributed by atoms with Crippen LogP contribution in [0.4, 0.5) is 0 Å². The lowest BCUT2D eigenvalue weighted by Crippen LogP contribution is -2.43. The third-order valence-electron chi connectivity index (χ3n) is 4.12. The zero-order valence-electron chi connectivity index (χ0n) is 14.6. The van der Waals surface area contributed by atoms with Crippen molar-refractivity contribution >= 4 is 12.7 Å². The third kappa shape index (κ3) is 2.71. The van der Waals surface area contributed by atoms with Gasteiger partial charge in [0.05, 0.1) is 0 Å². The second kappa shape index (κ2) is 5.33. The van der Waals surface area contributed by atoms with Crippen LogP contribution in [0.3, 0.4) is 0 Å². The SMILES string of the molecule is CO[C@]1(C(C)(C)C)C=C(C(C)(C)C)[P@@](=O)(c2ccccc2)O1. The van der Waals surface area contributed by atoms with Gasteiger partial charge in [-0.3, -0.25) is 9.09 Å². The highest BCUT2D eigenvalue weighted by molar-refractivity contribution is 7.71. The number of hydrogen-bond donors (Lipinski definition) is 0. The van der Waals surface area contributed by atoms with Crippen molar-refractivity contribution in [1.82, 2.24) is 0 Å². The van der Waals surface area contributed by atoms with Crippen LogP contribution < -0.4 is 5.30 Å². The van der Waals surface area contributed by atoms with Crippen molar-refractivity contribution in [2.75, 3.05) is 7.11 Å². The first-order chi connectivity index (χ1) is 9.96. The van der Waals surface area contributed by atoms with Crippen LogP contribution in [0.2, 0.25) is 0 Å². The molecule has 3 nitrogen and oxygen atoms in total. The molecule has 1 aliphatic rings. The lowest BCUT2D eigenvalue weighted by Gasteiger charge is -2.38. The monoisotopic (exact) mass is 322 g/mol. The van der Waals surface area contributed by atoms with E-state index in [1.807, 2.05) is 57.2 Å². The summed E-state index contributed by atoms with van der Waals surface area (Å²) in [6.45, 7) is 12.3. The summed E-state index contributed by atoms with van der Waals surface area (Å²) in [7, 11) is -1.54. The number of methoxy groups -OCH3 is 1. The average Bonchev–Trinajstić information content (AvgIpc) is 2.75. The van der Waals surface area contributed by atoms with Gasteiger partial charge in [-0.2, -0.15) is 0 Å². The van der Waals surface area contributed by atoms with Crippen molar-refractivity contribution in [3.63, 3.8) is 0 Å². The van der Waals surface area contributed by atoms with Crippen molar-refractivity contribution in [2.45, 2.75) is 47.3 Å². The van der Waals surface area contributed by atoms with Gasteiger partial charge in [0.2, 0.25) is 5.79 Å². The van der Waals surface area contributed by atoms with Crippen molar-refractivity contribution < 1.29 is 13.8 Å². The van der Waals surface area contributed by atoms with E-state index in [1.54, 1.807) is 7.11 Å². The first-order valence-corrected chi connectivity index (χ1v) is 9.24. The molecule has 0 aromatic heterocycles. The average molecular weight is 322 g/mol. The minimum atomic E-state index is -3.15. The van der Waals surface area contributed by atoms with Crippen LogP contribution in [-0.2, 0) is 13.8 Å². The predicted molar refractivity (Wildman–Crippen MR) is 91.5 cm³/mol. The van der Waals surface area contributed by atoms with Crippen LogP contribution in [0, 0.1) is 10.8 Å². The second-order valence-corrected chi connectivity index (χ2v) is 10.2. The second-order valence-electron chi connectivity index (χ2n) is 7.88.